The summed E-state index contributed by atoms with van der Waals surface area (Å²) in [5, 5.41) is 6.96. The van der Waals surface area contributed by atoms with E-state index in [9.17, 15) is 22.8 Å². The SMILES string of the molecule is CCCn1c(C(=O)N2CCC(S(=O)(=O)c3nncn3C)CC2)cc2c(=O)n(C)c(=O)n(C)c21. The molecule has 4 rings (SSSR count). The molecule has 0 aromatic carbocycles. The first-order valence-corrected chi connectivity index (χ1v) is 12.3. The third kappa shape index (κ3) is 3.59. The lowest BCUT2D eigenvalue weighted by atomic mass is 10.1. The Morgan fingerprint density at radius 1 is 1.12 bits per heavy atom. The van der Waals surface area contributed by atoms with E-state index in [-0.39, 0.29) is 37.0 Å². The Balaban J connectivity index is 1.65. The van der Waals surface area contributed by atoms with Crippen LogP contribution in [0.15, 0.2) is 27.1 Å². The fraction of sp³-hybridized carbons (Fsp3) is 0.550. The predicted octanol–water partition coefficient (Wildman–Crippen LogP) is -0.344. The minimum Gasteiger partial charge on any atom is -0.337 e. The number of carbonyl (C=O) groups excluding carboxylic acids is 1. The summed E-state index contributed by atoms with van der Waals surface area (Å²) in [7, 11) is 0.906. The van der Waals surface area contributed by atoms with E-state index in [4.69, 9.17) is 0 Å². The summed E-state index contributed by atoms with van der Waals surface area (Å²) in [5.41, 5.74) is -0.185. The van der Waals surface area contributed by atoms with Crippen LogP contribution in [0.25, 0.3) is 11.0 Å². The van der Waals surface area contributed by atoms with Crippen molar-refractivity contribution in [3.8, 4) is 0 Å². The van der Waals surface area contributed by atoms with Gasteiger partial charge in [-0.15, -0.1) is 10.2 Å². The van der Waals surface area contributed by atoms with Gasteiger partial charge in [0.05, 0.1) is 10.6 Å². The normalized spacial score (nSPS) is 15.5. The van der Waals surface area contributed by atoms with Crippen molar-refractivity contribution < 1.29 is 13.2 Å². The second-order valence-corrected chi connectivity index (χ2v) is 10.5. The zero-order chi connectivity index (χ0) is 24.1. The van der Waals surface area contributed by atoms with Gasteiger partial charge in [-0.25, -0.2) is 13.2 Å². The summed E-state index contributed by atoms with van der Waals surface area (Å²) in [6.45, 7) is 2.92. The predicted molar refractivity (Wildman–Crippen MR) is 120 cm³/mol. The summed E-state index contributed by atoms with van der Waals surface area (Å²) >= 11 is 0. The first kappa shape index (κ1) is 23.0. The molecule has 1 aliphatic heterocycles. The highest BCUT2D eigenvalue weighted by Gasteiger charge is 2.36. The summed E-state index contributed by atoms with van der Waals surface area (Å²) in [4.78, 5) is 40.2. The van der Waals surface area contributed by atoms with Gasteiger partial charge in [0.2, 0.25) is 15.0 Å². The van der Waals surface area contributed by atoms with Crippen LogP contribution in [-0.4, -0.2) is 66.0 Å². The molecule has 13 heteroatoms. The van der Waals surface area contributed by atoms with E-state index in [1.54, 1.807) is 23.6 Å². The van der Waals surface area contributed by atoms with Crippen molar-refractivity contribution >= 4 is 26.8 Å². The summed E-state index contributed by atoms with van der Waals surface area (Å²) in [6.07, 6.45) is 2.59. The van der Waals surface area contributed by atoms with Crippen LogP contribution in [0, 0.1) is 0 Å². The zero-order valence-corrected chi connectivity index (χ0v) is 19.9. The van der Waals surface area contributed by atoms with Crippen molar-refractivity contribution in [1.29, 1.82) is 0 Å². The molecule has 1 amide bonds. The van der Waals surface area contributed by atoms with Gasteiger partial charge in [-0.3, -0.25) is 18.7 Å². The van der Waals surface area contributed by atoms with Gasteiger partial charge in [-0.1, -0.05) is 6.92 Å². The smallest absolute Gasteiger partial charge is 0.332 e. The van der Waals surface area contributed by atoms with Crippen LogP contribution >= 0.6 is 0 Å². The molecule has 0 unspecified atom stereocenters. The molecule has 3 aromatic heterocycles. The Morgan fingerprint density at radius 3 is 2.36 bits per heavy atom. The molecule has 0 aliphatic carbocycles. The number of aryl methyl sites for hydroxylation is 3. The number of amides is 1. The van der Waals surface area contributed by atoms with Gasteiger partial charge in [0.25, 0.3) is 11.5 Å². The molecule has 0 saturated carbocycles. The van der Waals surface area contributed by atoms with Crippen molar-refractivity contribution in [2.45, 2.75) is 43.1 Å². The first-order valence-electron chi connectivity index (χ1n) is 10.8. The fourth-order valence-electron chi connectivity index (χ4n) is 4.48. The quantitative estimate of drug-likeness (QED) is 0.490. The highest BCUT2D eigenvalue weighted by Crippen LogP contribution is 2.25. The van der Waals surface area contributed by atoms with Gasteiger partial charge in [-0.05, 0) is 25.3 Å². The number of aromatic nitrogens is 6. The lowest BCUT2D eigenvalue weighted by Gasteiger charge is -2.31. The van der Waals surface area contributed by atoms with E-state index in [0.29, 0.717) is 29.7 Å². The lowest BCUT2D eigenvalue weighted by Crippen LogP contribution is -2.43. The van der Waals surface area contributed by atoms with E-state index in [2.05, 4.69) is 10.2 Å². The van der Waals surface area contributed by atoms with Crippen molar-refractivity contribution in [3.63, 3.8) is 0 Å². The topological polar surface area (TPSA) is 134 Å². The number of likely N-dealkylation sites (tertiary alicyclic amines) is 1. The van der Waals surface area contributed by atoms with Crippen LogP contribution in [0.5, 0.6) is 0 Å². The Kier molecular flexibility index (Phi) is 5.76. The Bertz CT molecular complexity index is 1450. The van der Waals surface area contributed by atoms with Crippen molar-refractivity contribution in [1.82, 2.24) is 33.4 Å². The molecule has 3 aromatic rings. The number of sulfone groups is 1. The zero-order valence-electron chi connectivity index (χ0n) is 19.1. The summed E-state index contributed by atoms with van der Waals surface area (Å²) in [5.74, 6) is -0.288. The van der Waals surface area contributed by atoms with Crippen LogP contribution in [0.4, 0.5) is 0 Å². The average Bonchev–Trinajstić information content (AvgIpc) is 3.40. The van der Waals surface area contributed by atoms with Crippen LogP contribution < -0.4 is 11.2 Å². The van der Waals surface area contributed by atoms with Gasteiger partial charge in [0.1, 0.15) is 17.7 Å². The highest BCUT2D eigenvalue weighted by atomic mass is 32.2. The maximum Gasteiger partial charge on any atom is 0.332 e. The molecule has 1 saturated heterocycles. The third-order valence-electron chi connectivity index (χ3n) is 6.25. The molecule has 0 N–H and O–H groups in total. The van der Waals surface area contributed by atoms with Gasteiger partial charge < -0.3 is 14.0 Å². The number of fused-ring (bicyclic) bond motifs is 1. The molecular formula is C20H27N7O5S. The van der Waals surface area contributed by atoms with E-state index < -0.39 is 26.3 Å². The Labute approximate surface area is 190 Å². The molecule has 0 spiro atoms. The fourth-order valence-corrected chi connectivity index (χ4v) is 6.22. The molecular weight excluding hydrogens is 450 g/mol. The summed E-state index contributed by atoms with van der Waals surface area (Å²) < 4.78 is 31.3. The number of piperidine rings is 1. The molecule has 0 atom stereocenters. The standard InChI is InChI=1S/C20H27N7O5S/c1-5-8-27-15(11-14-16(27)24(3)20(30)25(4)17(14)28)18(29)26-9-6-13(7-10-26)33(31,32)19-22-21-12-23(19)2/h11-13H,5-10H2,1-4H3. The molecule has 4 heterocycles. The number of hydrogen-bond donors (Lipinski definition) is 0. The van der Waals surface area contributed by atoms with Crippen LogP contribution in [-0.2, 0) is 37.5 Å². The second kappa shape index (κ2) is 8.28. The number of nitrogens with zero attached hydrogens (tertiary/aromatic N) is 7. The molecule has 33 heavy (non-hydrogen) atoms. The van der Waals surface area contributed by atoms with Gasteiger partial charge in [-0.2, -0.15) is 0 Å². The van der Waals surface area contributed by atoms with Crippen molar-refractivity contribution in [2.75, 3.05) is 13.1 Å². The Hall–Kier alpha value is -3.22. The number of hydrogen-bond acceptors (Lipinski definition) is 7. The van der Waals surface area contributed by atoms with Gasteiger partial charge in [0.15, 0.2) is 0 Å². The second-order valence-electron chi connectivity index (χ2n) is 8.39. The minimum absolute atomic E-state index is 0.0767. The minimum atomic E-state index is -3.66. The third-order valence-corrected chi connectivity index (χ3v) is 8.48. The molecule has 1 aliphatic rings. The van der Waals surface area contributed by atoms with Crippen LogP contribution in [0.2, 0.25) is 0 Å². The number of rotatable bonds is 5. The maximum absolute atomic E-state index is 13.4. The largest absolute Gasteiger partial charge is 0.337 e. The van der Waals surface area contributed by atoms with E-state index >= 15 is 0 Å². The molecule has 0 radical (unpaired) electrons. The first-order chi connectivity index (χ1) is 15.6. The Morgan fingerprint density at radius 2 is 1.79 bits per heavy atom. The van der Waals surface area contributed by atoms with Gasteiger partial charge in [0, 0.05) is 40.8 Å². The lowest BCUT2D eigenvalue weighted by molar-refractivity contribution is 0.0715. The molecule has 12 nitrogen and oxygen atoms in total. The number of carbonyl (C=O) groups is 1. The monoisotopic (exact) mass is 477 g/mol. The van der Waals surface area contributed by atoms with Crippen molar-refractivity contribution in [2.24, 2.45) is 21.1 Å². The van der Waals surface area contributed by atoms with E-state index in [1.165, 1.54) is 28.6 Å². The average molecular weight is 478 g/mol. The molecule has 178 valence electrons. The summed E-state index contributed by atoms with van der Waals surface area (Å²) in [6, 6.07) is 1.54. The van der Waals surface area contributed by atoms with Crippen LogP contribution in [0.1, 0.15) is 36.7 Å². The van der Waals surface area contributed by atoms with Crippen molar-refractivity contribution in [3.05, 3.63) is 38.9 Å². The molecule has 1 fully saturated rings. The van der Waals surface area contributed by atoms with Crippen LogP contribution in [0.3, 0.4) is 0 Å². The van der Waals surface area contributed by atoms with E-state index in [0.717, 1.165) is 4.57 Å². The van der Waals surface area contributed by atoms with Gasteiger partial charge >= 0.3 is 5.69 Å². The highest BCUT2D eigenvalue weighted by molar-refractivity contribution is 7.91. The van der Waals surface area contributed by atoms with E-state index in [1.807, 2.05) is 6.92 Å². The molecule has 0 bridgehead atoms. The maximum atomic E-state index is 13.4.